The number of ether oxygens (including phenoxy) is 1. The molecule has 3 aromatic carbocycles. The number of rotatable bonds is 8. The van der Waals surface area contributed by atoms with Gasteiger partial charge in [0.05, 0.1) is 11.1 Å². The van der Waals surface area contributed by atoms with Crippen molar-refractivity contribution < 1.29 is 45.1 Å². The topological polar surface area (TPSA) is 118 Å². The van der Waals surface area contributed by atoms with Crippen LogP contribution >= 0.6 is 0 Å². The van der Waals surface area contributed by atoms with Gasteiger partial charge in [-0.05, 0) is 80.4 Å². The number of hydrogen-bond donors (Lipinski definition) is 3. The van der Waals surface area contributed by atoms with E-state index in [2.05, 4.69) is 26.1 Å². The summed E-state index contributed by atoms with van der Waals surface area (Å²) in [5, 5.41) is 15.8. The summed E-state index contributed by atoms with van der Waals surface area (Å²) < 4.78 is 89.7. The molecule has 0 aliphatic carbocycles. The third-order valence-electron chi connectivity index (χ3n) is 5.94. The minimum Gasteiger partial charge on any atom is -0.444 e. The average Bonchev–Trinajstić information content (AvgIpc) is 3.42. The van der Waals surface area contributed by atoms with E-state index in [9.17, 15) is 35.9 Å². The summed E-state index contributed by atoms with van der Waals surface area (Å²) in [6.45, 7) is 4.95. The molecule has 0 radical (unpaired) electrons. The van der Waals surface area contributed by atoms with Gasteiger partial charge in [0.25, 0.3) is 5.91 Å². The van der Waals surface area contributed by atoms with Crippen molar-refractivity contribution in [3.8, 4) is 11.5 Å². The Labute approximate surface area is 253 Å². The van der Waals surface area contributed by atoms with E-state index in [1.807, 2.05) is 0 Å². The number of anilines is 2. The fourth-order valence-corrected chi connectivity index (χ4v) is 3.91. The van der Waals surface area contributed by atoms with Crippen molar-refractivity contribution in [2.75, 3.05) is 5.32 Å². The lowest BCUT2D eigenvalue weighted by atomic mass is 10.0. The monoisotopic (exact) mass is 635 g/mol. The first-order valence-corrected chi connectivity index (χ1v) is 13.3. The number of halogens is 6. The summed E-state index contributed by atoms with van der Waals surface area (Å²) in [7, 11) is 0. The number of aromatic nitrogens is 2. The number of carbonyl (C=O) groups is 2. The van der Waals surface area contributed by atoms with Crippen LogP contribution < -0.4 is 16.0 Å². The molecule has 2 amide bonds. The van der Waals surface area contributed by atoms with Crippen LogP contribution in [0.2, 0.25) is 0 Å². The molecule has 4 aromatic rings. The number of alkyl carbamates (subject to hydrolysis) is 1. The maximum Gasteiger partial charge on any atom is 0.416 e. The number of amides is 2. The molecular formula is C30H27F6N5O4. The van der Waals surface area contributed by atoms with Gasteiger partial charge >= 0.3 is 24.5 Å². The molecule has 4 rings (SSSR count). The number of carbonyl (C=O) groups excluding carboxylic acids is 2. The summed E-state index contributed by atoms with van der Waals surface area (Å²) in [6.07, 6.45) is -10.5. The van der Waals surface area contributed by atoms with Crippen LogP contribution in [-0.2, 0) is 30.2 Å². The maximum atomic E-state index is 13.1. The molecule has 15 heteroatoms. The van der Waals surface area contributed by atoms with Crippen LogP contribution in [0.3, 0.4) is 0 Å². The second-order valence-corrected chi connectivity index (χ2v) is 10.8. The maximum absolute atomic E-state index is 13.1. The average molecular weight is 636 g/mol. The first-order chi connectivity index (χ1) is 21.0. The molecule has 0 unspecified atom stereocenters. The van der Waals surface area contributed by atoms with Gasteiger partial charge in [0.1, 0.15) is 5.60 Å². The van der Waals surface area contributed by atoms with E-state index < -0.39 is 47.6 Å². The second kappa shape index (κ2) is 12.9. The molecule has 9 nitrogen and oxygen atoms in total. The number of alkyl halides is 6. The molecule has 0 spiro atoms. The van der Waals surface area contributed by atoms with E-state index in [-0.39, 0.29) is 35.6 Å². The van der Waals surface area contributed by atoms with Gasteiger partial charge < -0.3 is 25.1 Å². The Hall–Kier alpha value is -5.08. The SMILES string of the molecule is CC(C)(C)OC(=O)NCc1ccc(Nc2nnc(-c3cccc(C(=O)NCc4cc(C(F)(F)F)cc(C(F)(F)F)c4)c3)o2)cc1. The van der Waals surface area contributed by atoms with Gasteiger partial charge in [-0.1, -0.05) is 23.3 Å². The van der Waals surface area contributed by atoms with E-state index >= 15 is 0 Å². The molecular weight excluding hydrogens is 608 g/mol. The number of nitrogens with zero attached hydrogens (tertiary/aromatic N) is 2. The van der Waals surface area contributed by atoms with Gasteiger partial charge in [-0.15, -0.1) is 5.10 Å². The number of benzene rings is 3. The van der Waals surface area contributed by atoms with Crippen molar-refractivity contribution in [3.63, 3.8) is 0 Å². The molecule has 0 atom stereocenters. The molecule has 1 heterocycles. The first kappa shape index (κ1) is 32.8. The molecule has 238 valence electrons. The largest absolute Gasteiger partial charge is 0.444 e. The Morgan fingerprint density at radius 2 is 1.40 bits per heavy atom. The fraction of sp³-hybridized carbons (Fsp3) is 0.267. The molecule has 0 saturated heterocycles. The normalized spacial score (nSPS) is 12.0. The van der Waals surface area contributed by atoms with Crippen molar-refractivity contribution in [3.05, 3.63) is 94.5 Å². The minimum atomic E-state index is -5.00. The molecule has 3 N–H and O–H groups in total. The molecule has 0 fully saturated rings. The molecule has 0 aliphatic heterocycles. The van der Waals surface area contributed by atoms with Crippen LogP contribution in [0.1, 0.15) is 53.4 Å². The van der Waals surface area contributed by atoms with E-state index in [0.717, 1.165) is 5.56 Å². The first-order valence-electron chi connectivity index (χ1n) is 13.3. The molecule has 0 saturated carbocycles. The van der Waals surface area contributed by atoms with Crippen LogP contribution in [0.25, 0.3) is 11.5 Å². The van der Waals surface area contributed by atoms with Crippen molar-refractivity contribution in [1.29, 1.82) is 0 Å². The van der Waals surface area contributed by atoms with Gasteiger partial charge in [0.15, 0.2) is 0 Å². The second-order valence-electron chi connectivity index (χ2n) is 10.8. The highest BCUT2D eigenvalue weighted by Gasteiger charge is 2.36. The quantitative estimate of drug-likeness (QED) is 0.172. The molecule has 1 aromatic heterocycles. The summed E-state index contributed by atoms with van der Waals surface area (Å²) in [4.78, 5) is 24.5. The zero-order valence-electron chi connectivity index (χ0n) is 24.1. The lowest BCUT2D eigenvalue weighted by molar-refractivity contribution is -0.143. The predicted molar refractivity (Wildman–Crippen MR) is 150 cm³/mol. The third kappa shape index (κ3) is 9.45. The Morgan fingerprint density at radius 1 is 0.778 bits per heavy atom. The van der Waals surface area contributed by atoms with Crippen LogP contribution in [0.15, 0.2) is 71.1 Å². The fourth-order valence-electron chi connectivity index (χ4n) is 3.91. The summed E-state index contributed by atoms with van der Waals surface area (Å²) in [5.41, 5.74) is -2.14. The van der Waals surface area contributed by atoms with Crippen molar-refractivity contribution in [2.24, 2.45) is 0 Å². The highest BCUT2D eigenvalue weighted by atomic mass is 19.4. The summed E-state index contributed by atoms with van der Waals surface area (Å²) in [6, 6.07) is 14.0. The van der Waals surface area contributed by atoms with Crippen LogP contribution in [0.5, 0.6) is 0 Å². The molecule has 0 bridgehead atoms. The molecule has 0 aliphatic rings. The van der Waals surface area contributed by atoms with Crippen molar-refractivity contribution >= 4 is 23.7 Å². The highest BCUT2D eigenvalue weighted by Crippen LogP contribution is 2.36. The Kier molecular flexibility index (Phi) is 9.39. The smallest absolute Gasteiger partial charge is 0.416 e. The Morgan fingerprint density at radius 3 is 2.00 bits per heavy atom. The van der Waals surface area contributed by atoms with Gasteiger partial charge in [-0.25, -0.2) is 4.79 Å². The van der Waals surface area contributed by atoms with Gasteiger partial charge in [-0.2, -0.15) is 26.3 Å². The summed E-state index contributed by atoms with van der Waals surface area (Å²) >= 11 is 0. The summed E-state index contributed by atoms with van der Waals surface area (Å²) in [5.74, 6) is -0.708. The van der Waals surface area contributed by atoms with Crippen molar-refractivity contribution in [1.82, 2.24) is 20.8 Å². The minimum absolute atomic E-state index is 0.0178. The van der Waals surface area contributed by atoms with E-state index in [1.54, 1.807) is 51.1 Å². The van der Waals surface area contributed by atoms with Crippen molar-refractivity contribution in [2.45, 2.75) is 51.8 Å². The van der Waals surface area contributed by atoms with Crippen LogP contribution in [-0.4, -0.2) is 27.8 Å². The van der Waals surface area contributed by atoms with Gasteiger partial charge in [0.2, 0.25) is 5.89 Å². The molecule has 45 heavy (non-hydrogen) atoms. The number of nitrogens with one attached hydrogen (secondary N) is 3. The number of hydrogen-bond acceptors (Lipinski definition) is 7. The van der Waals surface area contributed by atoms with E-state index in [1.165, 1.54) is 18.2 Å². The predicted octanol–water partition coefficient (Wildman–Crippen LogP) is 7.47. The zero-order chi connectivity index (χ0) is 33.0. The van der Waals surface area contributed by atoms with E-state index in [0.29, 0.717) is 23.4 Å². The lowest BCUT2D eigenvalue weighted by Gasteiger charge is -2.19. The lowest BCUT2D eigenvalue weighted by Crippen LogP contribution is -2.32. The standard InChI is InChI=1S/C30H27F6N5O4/c1-28(2,3)45-27(43)38-15-17-7-9-23(10-8-17)39-26-41-40-25(44-26)20-6-4-5-19(13-20)24(42)37-16-18-11-21(29(31,32)33)14-22(12-18)30(34,35)36/h4-14H,15-16H2,1-3H3,(H,37,42)(H,38,43)(H,39,41). The van der Waals surface area contributed by atoms with Gasteiger partial charge in [-0.3, -0.25) is 4.79 Å². The highest BCUT2D eigenvalue weighted by molar-refractivity contribution is 5.95. The van der Waals surface area contributed by atoms with Gasteiger partial charge in [0, 0.05) is 29.9 Å². The van der Waals surface area contributed by atoms with Crippen LogP contribution in [0, 0.1) is 0 Å². The Balaban J connectivity index is 1.38. The third-order valence-corrected chi connectivity index (χ3v) is 5.94. The Bertz CT molecular complexity index is 1630. The van der Waals surface area contributed by atoms with Crippen LogP contribution in [0.4, 0.5) is 42.8 Å². The van der Waals surface area contributed by atoms with E-state index in [4.69, 9.17) is 9.15 Å². The zero-order valence-corrected chi connectivity index (χ0v) is 24.1.